The van der Waals surface area contributed by atoms with Crippen LogP contribution in [0, 0.1) is 5.41 Å². The van der Waals surface area contributed by atoms with Gasteiger partial charge in [0.25, 0.3) is 0 Å². The molecule has 4 rings (SSSR count). The van der Waals surface area contributed by atoms with E-state index >= 15 is 0 Å². The van der Waals surface area contributed by atoms with Gasteiger partial charge in [-0.3, -0.25) is 14.7 Å². The molecular weight excluding hydrogens is 709 g/mol. The van der Waals surface area contributed by atoms with Crippen LogP contribution in [0.15, 0.2) is 18.3 Å². The summed E-state index contributed by atoms with van der Waals surface area (Å²) in [5.74, 6) is 1.28. The molecule has 3 fully saturated rings. The van der Waals surface area contributed by atoms with Crippen molar-refractivity contribution >= 4 is 5.91 Å². The highest BCUT2D eigenvalue weighted by atomic mass is 16.5. The number of rotatable bonds is 20. The van der Waals surface area contributed by atoms with Crippen LogP contribution in [0.3, 0.4) is 0 Å². The number of hydrogen-bond acceptors (Lipinski definition) is 8. The van der Waals surface area contributed by atoms with Gasteiger partial charge in [-0.1, -0.05) is 41.0 Å². The molecule has 0 unspecified atom stereocenters. The molecule has 57 heavy (non-hydrogen) atoms. The molecule has 328 valence electrons. The van der Waals surface area contributed by atoms with E-state index < -0.39 is 0 Å². The lowest BCUT2D eigenvalue weighted by Gasteiger charge is -2.42. The Morgan fingerprint density at radius 2 is 1.40 bits per heavy atom. The maximum Gasteiger partial charge on any atom is 0.222 e. The Bertz CT molecular complexity index is 1370. The summed E-state index contributed by atoms with van der Waals surface area (Å²) < 4.78 is 12.8. The van der Waals surface area contributed by atoms with Crippen molar-refractivity contribution in [2.75, 3.05) is 52.4 Å². The van der Waals surface area contributed by atoms with Gasteiger partial charge in [-0.15, -0.1) is 0 Å². The fraction of sp³-hybridized carbons (Fsp3) is 0.875. The number of ether oxygens (including phenoxy) is 2. The van der Waals surface area contributed by atoms with Gasteiger partial charge in [0.05, 0.1) is 12.2 Å². The van der Waals surface area contributed by atoms with Crippen LogP contribution in [0.5, 0.6) is 5.75 Å². The fourth-order valence-corrected chi connectivity index (χ4v) is 9.48. The van der Waals surface area contributed by atoms with Gasteiger partial charge in [-0.25, -0.2) is 0 Å². The Balaban J connectivity index is 1.05. The van der Waals surface area contributed by atoms with Gasteiger partial charge in [-0.2, -0.15) is 0 Å². The third-order valence-corrected chi connectivity index (χ3v) is 12.9. The lowest BCUT2D eigenvalue weighted by atomic mass is 9.76. The van der Waals surface area contributed by atoms with E-state index in [9.17, 15) is 4.79 Å². The molecule has 2 saturated heterocycles. The van der Waals surface area contributed by atoms with Gasteiger partial charge >= 0.3 is 0 Å². The number of piperazine rings is 1. The zero-order valence-electron chi connectivity index (χ0n) is 39.4. The van der Waals surface area contributed by atoms with E-state index in [4.69, 9.17) is 9.47 Å². The van der Waals surface area contributed by atoms with Gasteiger partial charge in [-0.05, 0) is 145 Å². The average molecular weight is 797 g/mol. The summed E-state index contributed by atoms with van der Waals surface area (Å²) >= 11 is 0. The van der Waals surface area contributed by atoms with Crippen molar-refractivity contribution < 1.29 is 14.3 Å². The summed E-state index contributed by atoms with van der Waals surface area (Å²) in [6.07, 6.45) is 13.8. The molecule has 2 N–H and O–H groups in total. The molecule has 0 bridgehead atoms. The Labute approximate surface area is 350 Å². The molecule has 0 aromatic carbocycles. The van der Waals surface area contributed by atoms with E-state index in [2.05, 4.69) is 133 Å². The van der Waals surface area contributed by atoms with Crippen LogP contribution in [-0.4, -0.2) is 118 Å². The molecule has 0 radical (unpaired) electrons. The molecule has 3 heterocycles. The predicted molar refractivity (Wildman–Crippen MR) is 238 cm³/mol. The molecule has 2 aliphatic heterocycles. The van der Waals surface area contributed by atoms with E-state index in [0.29, 0.717) is 24.4 Å². The minimum absolute atomic E-state index is 0.0190. The van der Waals surface area contributed by atoms with Crippen molar-refractivity contribution in [1.82, 2.24) is 30.3 Å². The van der Waals surface area contributed by atoms with Crippen molar-refractivity contribution in [3.05, 3.63) is 24.0 Å². The van der Waals surface area contributed by atoms with Crippen molar-refractivity contribution in [3.63, 3.8) is 0 Å². The molecule has 9 nitrogen and oxygen atoms in total. The summed E-state index contributed by atoms with van der Waals surface area (Å²) in [4.78, 5) is 24.6. The summed E-state index contributed by atoms with van der Waals surface area (Å²) in [5.41, 5.74) is 1.49. The fourth-order valence-electron chi connectivity index (χ4n) is 9.48. The second-order valence-electron chi connectivity index (χ2n) is 22.9. The van der Waals surface area contributed by atoms with Gasteiger partial charge in [0.15, 0.2) is 0 Å². The van der Waals surface area contributed by atoms with Crippen LogP contribution in [-0.2, 0) is 14.9 Å². The van der Waals surface area contributed by atoms with Gasteiger partial charge < -0.3 is 29.9 Å². The Kier molecular flexibility index (Phi) is 16.6. The molecule has 3 aliphatic rings. The Morgan fingerprint density at radius 3 is 2.02 bits per heavy atom. The number of aromatic nitrogens is 1. The first-order chi connectivity index (χ1) is 26.3. The molecule has 1 saturated carbocycles. The number of nitrogens with one attached hydrogen (secondary N) is 2. The van der Waals surface area contributed by atoms with Crippen molar-refractivity contribution in [1.29, 1.82) is 0 Å². The number of hydrogen-bond donors (Lipinski definition) is 2. The van der Waals surface area contributed by atoms with Crippen molar-refractivity contribution in [2.24, 2.45) is 5.41 Å². The summed E-state index contributed by atoms with van der Waals surface area (Å²) in [7, 11) is 0. The van der Waals surface area contributed by atoms with E-state index in [0.717, 1.165) is 115 Å². The maximum absolute atomic E-state index is 12.9. The van der Waals surface area contributed by atoms with Crippen LogP contribution in [0.4, 0.5) is 0 Å². The van der Waals surface area contributed by atoms with E-state index in [1.807, 2.05) is 12.3 Å². The third kappa shape index (κ3) is 16.7. The highest BCUT2D eigenvalue weighted by molar-refractivity contribution is 5.76. The average Bonchev–Trinajstić information content (AvgIpc) is 3.08. The Hall–Kier alpha value is -1.78. The topological polar surface area (TPSA) is 82.2 Å². The number of amides is 1. The van der Waals surface area contributed by atoms with Gasteiger partial charge in [0, 0.05) is 91.2 Å². The minimum atomic E-state index is -0.148. The smallest absolute Gasteiger partial charge is 0.222 e. The quantitative estimate of drug-likeness (QED) is 0.127. The first-order valence-corrected chi connectivity index (χ1v) is 22.9. The lowest BCUT2D eigenvalue weighted by Crippen LogP contribution is -2.54. The van der Waals surface area contributed by atoms with Gasteiger partial charge in [0.2, 0.25) is 5.91 Å². The normalized spacial score (nSPS) is 21.5. The summed E-state index contributed by atoms with van der Waals surface area (Å²) in [5, 5.41) is 7.96. The standard InChI is InChI=1S/C48H88N6O3/c1-43(2,3)41-35-39(18-24-49-41)57-40-33-38(34-40)51-46(9,10)22-23-48(13,14)56-32-31-52-25-19-37(20-26-52)50-47(11,12)36-45(7,8)21-16-15-17-42(55)53-27-29-54(30-28-53)44(4,5)6/h18,24,35,37-38,40,50-51H,15-17,19-23,25-34,36H2,1-14H3. The van der Waals surface area contributed by atoms with Crippen LogP contribution in [0.25, 0.3) is 0 Å². The highest BCUT2D eigenvalue weighted by Crippen LogP contribution is 2.35. The molecular formula is C48H88N6O3. The van der Waals surface area contributed by atoms with E-state index in [1.165, 1.54) is 12.8 Å². The number of piperidine rings is 1. The number of carbonyl (C=O) groups is 1. The Morgan fingerprint density at radius 1 is 0.772 bits per heavy atom. The number of pyridine rings is 1. The molecule has 1 aromatic rings. The highest BCUT2D eigenvalue weighted by Gasteiger charge is 2.36. The molecule has 0 spiro atoms. The lowest BCUT2D eigenvalue weighted by molar-refractivity contribution is -0.133. The van der Waals surface area contributed by atoms with Crippen LogP contribution in [0.1, 0.15) is 173 Å². The van der Waals surface area contributed by atoms with Gasteiger partial charge in [0.1, 0.15) is 11.9 Å². The first-order valence-electron chi connectivity index (χ1n) is 22.9. The molecule has 1 aromatic heterocycles. The third-order valence-electron chi connectivity index (χ3n) is 12.9. The summed E-state index contributed by atoms with van der Waals surface area (Å²) in [6, 6.07) is 5.14. The summed E-state index contributed by atoms with van der Waals surface area (Å²) in [6.45, 7) is 39.9. The predicted octanol–water partition coefficient (Wildman–Crippen LogP) is 8.98. The van der Waals surface area contributed by atoms with E-state index in [-0.39, 0.29) is 39.2 Å². The molecule has 1 aliphatic carbocycles. The molecule has 1 amide bonds. The number of carbonyl (C=O) groups excluding carboxylic acids is 1. The number of unbranched alkanes of at least 4 members (excludes halogenated alkanes) is 1. The van der Waals surface area contributed by atoms with Crippen LogP contribution >= 0.6 is 0 Å². The zero-order chi connectivity index (χ0) is 42.3. The van der Waals surface area contributed by atoms with Crippen molar-refractivity contribution in [2.45, 2.75) is 213 Å². The van der Waals surface area contributed by atoms with Crippen LogP contribution in [0.2, 0.25) is 0 Å². The van der Waals surface area contributed by atoms with E-state index in [1.54, 1.807) is 0 Å². The maximum atomic E-state index is 12.9. The zero-order valence-corrected chi connectivity index (χ0v) is 39.4. The SMILES string of the molecule is CC(C)(CCCCC(=O)N1CCN(C(C)(C)C)CC1)CC(C)(C)NC1CCN(CCOC(C)(C)CCC(C)(C)NC2CC(Oc3ccnc(C(C)(C)C)c3)C2)CC1. The molecule has 0 atom stereocenters. The molecule has 9 heteroatoms. The largest absolute Gasteiger partial charge is 0.490 e. The van der Waals surface area contributed by atoms with Crippen molar-refractivity contribution in [3.8, 4) is 5.75 Å². The second-order valence-corrected chi connectivity index (χ2v) is 22.9. The first kappa shape index (κ1) is 47.9. The monoisotopic (exact) mass is 797 g/mol. The second kappa shape index (κ2) is 19.7. The number of likely N-dealkylation sites (tertiary alicyclic amines) is 1. The minimum Gasteiger partial charge on any atom is -0.490 e. The van der Waals surface area contributed by atoms with Crippen LogP contribution < -0.4 is 15.4 Å². The number of nitrogens with zero attached hydrogens (tertiary/aromatic N) is 4.